The summed E-state index contributed by atoms with van der Waals surface area (Å²) in [5, 5.41) is 5.33. The van der Waals surface area contributed by atoms with Gasteiger partial charge in [-0.1, -0.05) is 222 Å². The Labute approximate surface area is 331 Å². The second kappa shape index (κ2) is 22.6. The largest absolute Gasteiger partial charge is 0.457 e. The normalized spacial score (nSPS) is 16.8. The van der Waals surface area contributed by atoms with Gasteiger partial charge in [-0.05, 0) is 37.4 Å². The molecule has 3 aliphatic carbocycles. The second-order valence-corrected chi connectivity index (χ2v) is 47.1. The number of allylic oxidation sites excluding steroid dienone is 12. The number of rotatable bonds is 28. The smallest absolute Gasteiger partial charge is 0.230 e. The topological polar surface area (TPSA) is 9.23 Å². The number of hydrogen-bond acceptors (Lipinski definition) is 1. The zero-order valence-corrected chi connectivity index (χ0v) is 43.0. The van der Waals surface area contributed by atoms with E-state index in [1.54, 1.807) is 15.6 Å². The Bertz CT molecular complexity index is 1080. The maximum absolute atomic E-state index is 6.59. The van der Waals surface area contributed by atoms with Crippen LogP contribution in [0.4, 0.5) is 0 Å². The highest BCUT2D eigenvalue weighted by atomic mass is 28.4. The highest BCUT2D eigenvalue weighted by Crippen LogP contribution is 2.34. The van der Waals surface area contributed by atoms with Gasteiger partial charge in [-0.15, -0.1) is 0 Å². The molecule has 9 heteroatoms. The van der Waals surface area contributed by atoms with Crippen molar-refractivity contribution in [1.82, 2.24) is 0 Å². The molecule has 284 valence electrons. The van der Waals surface area contributed by atoms with Crippen LogP contribution in [0.1, 0.15) is 57.8 Å². The summed E-state index contributed by atoms with van der Waals surface area (Å²) in [5.41, 5.74) is 0. The van der Waals surface area contributed by atoms with Gasteiger partial charge in [-0.3, -0.25) is 0 Å². The molecule has 0 amide bonds. The zero-order valence-electron chi connectivity index (χ0n) is 35.0. The van der Waals surface area contributed by atoms with Crippen LogP contribution in [-0.4, -0.2) is 69.4 Å². The van der Waals surface area contributed by atoms with Crippen LogP contribution in [0.25, 0.3) is 0 Å². The first-order valence-electron chi connectivity index (χ1n) is 21.1. The van der Waals surface area contributed by atoms with E-state index in [1.165, 1.54) is 130 Å². The third kappa shape index (κ3) is 16.4. The molecule has 51 heavy (non-hydrogen) atoms. The van der Waals surface area contributed by atoms with E-state index in [9.17, 15) is 0 Å². The van der Waals surface area contributed by atoms with Crippen molar-refractivity contribution < 1.29 is 4.12 Å². The molecule has 6 radical (unpaired) electrons. The number of hydrogen-bond donors (Lipinski definition) is 0. The summed E-state index contributed by atoms with van der Waals surface area (Å²) in [6.07, 6.45) is 33.6. The average molecular weight is 824 g/mol. The first-order valence-corrected chi connectivity index (χ1v) is 40.9. The molecule has 0 aromatic heterocycles. The lowest BCUT2D eigenvalue weighted by Gasteiger charge is -2.32. The van der Waals surface area contributed by atoms with Crippen LogP contribution in [-0.2, 0) is 4.12 Å². The monoisotopic (exact) mass is 822 g/mol. The SMILES string of the molecule is C[Si](CCC[Si](CCC[Si](C)CCC[Si](C)(C)C1=CC=CC1)(CCC[Si](C)CCC[Si](C)(C)C1=CC=CC1)O[Si])CCC[Si](C)(C)C1=CC=CC1. The fraction of sp³-hybridized carbons (Fsp3) is 0.714. The summed E-state index contributed by atoms with van der Waals surface area (Å²) in [6.45, 7) is 23.6. The van der Waals surface area contributed by atoms with E-state index < -0.39 is 32.5 Å². The first kappa shape index (κ1) is 45.5. The van der Waals surface area contributed by atoms with Crippen molar-refractivity contribution in [1.29, 1.82) is 0 Å². The molecule has 0 saturated heterocycles. The molecule has 0 N–H and O–H groups in total. The van der Waals surface area contributed by atoms with E-state index in [-0.39, 0.29) is 26.4 Å². The summed E-state index contributed by atoms with van der Waals surface area (Å²) in [5.74, 6) is 0. The lowest BCUT2D eigenvalue weighted by Crippen LogP contribution is -2.38. The summed E-state index contributed by atoms with van der Waals surface area (Å²) < 4.78 is 6.59. The van der Waals surface area contributed by atoms with Crippen LogP contribution < -0.4 is 0 Å². The Morgan fingerprint density at radius 1 is 0.471 bits per heavy atom. The first-order chi connectivity index (χ1) is 24.2. The second-order valence-electron chi connectivity index (χ2n) is 18.9. The minimum absolute atomic E-state index is 0.249. The van der Waals surface area contributed by atoms with Crippen LogP contribution in [0.15, 0.2) is 70.3 Å². The van der Waals surface area contributed by atoms with Crippen molar-refractivity contribution in [2.75, 3.05) is 0 Å². The van der Waals surface area contributed by atoms with E-state index in [2.05, 4.69) is 124 Å². The standard InChI is InChI=1S/C42H78OSi8/c1-45(28-16-34-48(4,5)40-22-10-11-23-40)31-19-37-51(43-44,38-20-32-46(2)29-17-35-49(6,7)41-24-12-13-25-41)39-21-33-47(3)30-18-36-50(8,9)42-26-14-15-27-42/h10-15,22,24,26H,16-21,23,25,27-39H2,1-9H3. The Kier molecular flexibility index (Phi) is 20.2. The van der Waals surface area contributed by atoms with Crippen molar-refractivity contribution >= 4 is 69.4 Å². The van der Waals surface area contributed by atoms with Gasteiger partial charge in [0.25, 0.3) is 0 Å². The van der Waals surface area contributed by atoms with Gasteiger partial charge in [-0.2, -0.15) is 0 Å². The minimum Gasteiger partial charge on any atom is -0.457 e. The highest BCUT2D eigenvalue weighted by molar-refractivity contribution is 6.85. The molecule has 0 heterocycles. The van der Waals surface area contributed by atoms with Crippen molar-refractivity contribution in [3.8, 4) is 0 Å². The van der Waals surface area contributed by atoms with Crippen molar-refractivity contribution in [3.63, 3.8) is 0 Å². The molecule has 3 aliphatic rings. The summed E-state index contributed by atoms with van der Waals surface area (Å²) in [7, 11) is -2.35. The van der Waals surface area contributed by atoms with Gasteiger partial charge in [-0.25, -0.2) is 0 Å². The van der Waals surface area contributed by atoms with Gasteiger partial charge in [0.1, 0.15) is 0 Å². The fourth-order valence-corrected chi connectivity index (χ4v) is 28.7. The summed E-state index contributed by atoms with van der Waals surface area (Å²) in [4.78, 5) is 0. The summed E-state index contributed by atoms with van der Waals surface area (Å²) >= 11 is 0. The van der Waals surface area contributed by atoms with Crippen LogP contribution in [0.5, 0.6) is 0 Å². The molecule has 0 aliphatic heterocycles. The van der Waals surface area contributed by atoms with E-state index >= 15 is 0 Å². The molecule has 0 aromatic rings. The Balaban J connectivity index is 1.45. The molecule has 0 atom stereocenters. The lowest BCUT2D eigenvalue weighted by molar-refractivity contribution is 0.567. The molecule has 1 nitrogen and oxygen atoms in total. The molecule has 0 fully saturated rings. The van der Waals surface area contributed by atoms with E-state index in [4.69, 9.17) is 4.12 Å². The highest BCUT2D eigenvalue weighted by Gasteiger charge is 2.33. The van der Waals surface area contributed by atoms with E-state index in [0.717, 1.165) is 0 Å². The van der Waals surface area contributed by atoms with Crippen molar-refractivity contribution in [2.24, 2.45) is 0 Å². The molecule has 3 rings (SSSR count). The maximum Gasteiger partial charge on any atom is 0.230 e. The molecular formula is C42H78OSi8. The van der Waals surface area contributed by atoms with Gasteiger partial charge >= 0.3 is 0 Å². The van der Waals surface area contributed by atoms with Gasteiger partial charge in [0.05, 0.1) is 24.2 Å². The van der Waals surface area contributed by atoms with Gasteiger partial charge in [0, 0.05) is 26.4 Å². The maximum atomic E-state index is 6.59. The third-order valence-electron chi connectivity index (χ3n) is 13.1. The van der Waals surface area contributed by atoms with Crippen LogP contribution in [0.3, 0.4) is 0 Å². The Hall–Kier alpha value is 0.135. The minimum atomic E-state index is -1.77. The Morgan fingerprint density at radius 3 is 0.941 bits per heavy atom. The van der Waals surface area contributed by atoms with Gasteiger partial charge < -0.3 is 4.12 Å². The third-order valence-corrected chi connectivity index (χ3v) is 37.0. The van der Waals surface area contributed by atoms with Crippen molar-refractivity contribution in [2.45, 2.75) is 189 Å². The molecule has 0 saturated carbocycles. The molecule has 0 bridgehead atoms. The van der Waals surface area contributed by atoms with Crippen molar-refractivity contribution in [3.05, 3.63) is 70.3 Å². The molecule has 0 unspecified atom stereocenters. The zero-order chi connectivity index (χ0) is 37.4. The Morgan fingerprint density at radius 2 is 0.725 bits per heavy atom. The lowest BCUT2D eigenvalue weighted by atomic mass is 10.5. The van der Waals surface area contributed by atoms with Crippen LogP contribution >= 0.6 is 0 Å². The summed E-state index contributed by atoms with van der Waals surface area (Å²) in [6, 6.07) is 17.6. The average Bonchev–Trinajstić information content (AvgIpc) is 3.89. The van der Waals surface area contributed by atoms with Gasteiger partial charge in [0.15, 0.2) is 8.32 Å². The fourth-order valence-electron chi connectivity index (χ4n) is 8.87. The quantitative estimate of drug-likeness (QED) is 0.0714. The molecule has 0 aromatic carbocycles. The van der Waals surface area contributed by atoms with E-state index in [0.29, 0.717) is 0 Å². The van der Waals surface area contributed by atoms with Crippen LogP contribution in [0, 0.1) is 0 Å². The van der Waals surface area contributed by atoms with Crippen LogP contribution in [0.2, 0.25) is 131 Å². The predicted octanol–water partition coefficient (Wildman–Crippen LogP) is 14.1. The molecule has 0 spiro atoms. The van der Waals surface area contributed by atoms with E-state index in [1.807, 2.05) is 0 Å². The van der Waals surface area contributed by atoms with Gasteiger partial charge in [0.2, 0.25) is 10.5 Å². The predicted molar refractivity (Wildman–Crippen MR) is 251 cm³/mol. The molecular weight excluding hydrogens is 745 g/mol.